The van der Waals surface area contributed by atoms with Crippen LogP contribution in [0.3, 0.4) is 0 Å². The molecule has 1 aromatic rings. The minimum atomic E-state index is -0.0332. The fraction of sp³-hybridized carbons (Fsp3) is 0.562. The van der Waals surface area contributed by atoms with E-state index >= 15 is 0 Å². The number of carbonyl (C=O) groups excluding carboxylic acids is 2. The molecular formula is C16H21N3O3. The summed E-state index contributed by atoms with van der Waals surface area (Å²) in [5, 5.41) is 0. The van der Waals surface area contributed by atoms with Crippen molar-refractivity contribution in [3.63, 3.8) is 0 Å². The second-order valence-corrected chi connectivity index (χ2v) is 5.76. The van der Waals surface area contributed by atoms with Gasteiger partial charge in [0.2, 0.25) is 5.91 Å². The van der Waals surface area contributed by atoms with Crippen LogP contribution < -0.4 is 0 Å². The van der Waals surface area contributed by atoms with Gasteiger partial charge in [-0.1, -0.05) is 6.07 Å². The summed E-state index contributed by atoms with van der Waals surface area (Å²) in [6.07, 6.45) is 3.71. The maximum atomic E-state index is 12.6. The maximum Gasteiger partial charge on any atom is 0.272 e. The summed E-state index contributed by atoms with van der Waals surface area (Å²) in [6.45, 7) is 1.81. The van der Waals surface area contributed by atoms with Crippen LogP contribution in [0.5, 0.6) is 0 Å². The van der Waals surface area contributed by atoms with Crippen LogP contribution in [0.1, 0.15) is 29.8 Å². The van der Waals surface area contributed by atoms with Crippen molar-refractivity contribution in [1.82, 2.24) is 14.8 Å². The lowest BCUT2D eigenvalue weighted by Crippen LogP contribution is -2.54. The first-order chi connectivity index (χ1) is 10.7. The van der Waals surface area contributed by atoms with Crippen molar-refractivity contribution in [1.29, 1.82) is 0 Å². The van der Waals surface area contributed by atoms with Gasteiger partial charge in [0.05, 0.1) is 18.7 Å². The minimum absolute atomic E-state index is 0.0332. The molecule has 2 aliphatic rings. The number of rotatable bonds is 4. The number of fused-ring (bicyclic) bond motifs is 1. The smallest absolute Gasteiger partial charge is 0.272 e. The van der Waals surface area contributed by atoms with Gasteiger partial charge in [-0.2, -0.15) is 0 Å². The van der Waals surface area contributed by atoms with E-state index in [-0.39, 0.29) is 23.9 Å². The lowest BCUT2D eigenvalue weighted by molar-refractivity contribution is -0.138. The largest absolute Gasteiger partial charge is 0.383 e. The zero-order chi connectivity index (χ0) is 15.5. The fourth-order valence-electron chi connectivity index (χ4n) is 3.52. The second-order valence-electron chi connectivity index (χ2n) is 5.76. The third-order valence-corrected chi connectivity index (χ3v) is 4.57. The van der Waals surface area contributed by atoms with Crippen LogP contribution in [0, 0.1) is 0 Å². The van der Waals surface area contributed by atoms with Crippen LogP contribution in [0.15, 0.2) is 24.4 Å². The molecule has 0 aliphatic carbocycles. The molecule has 2 amide bonds. The molecule has 2 fully saturated rings. The lowest BCUT2D eigenvalue weighted by atomic mass is 9.96. The fourth-order valence-corrected chi connectivity index (χ4v) is 3.52. The van der Waals surface area contributed by atoms with Gasteiger partial charge < -0.3 is 14.5 Å². The summed E-state index contributed by atoms with van der Waals surface area (Å²) in [5.41, 5.74) is 0.475. The first kappa shape index (κ1) is 15.0. The molecule has 0 saturated carbocycles. The van der Waals surface area contributed by atoms with Gasteiger partial charge in [0.15, 0.2) is 0 Å². The van der Waals surface area contributed by atoms with Crippen molar-refractivity contribution in [3.8, 4) is 0 Å². The van der Waals surface area contributed by atoms with Crippen molar-refractivity contribution in [2.24, 2.45) is 0 Å². The maximum absolute atomic E-state index is 12.6. The van der Waals surface area contributed by atoms with Crippen molar-refractivity contribution in [3.05, 3.63) is 30.1 Å². The van der Waals surface area contributed by atoms with Crippen molar-refractivity contribution < 1.29 is 14.3 Å². The molecule has 3 heterocycles. The third-order valence-electron chi connectivity index (χ3n) is 4.57. The van der Waals surface area contributed by atoms with Crippen LogP contribution in [0.25, 0.3) is 0 Å². The number of hydrogen-bond donors (Lipinski definition) is 0. The molecule has 0 N–H and O–H groups in total. The topological polar surface area (TPSA) is 62.7 Å². The van der Waals surface area contributed by atoms with E-state index in [9.17, 15) is 9.59 Å². The van der Waals surface area contributed by atoms with E-state index in [4.69, 9.17) is 4.74 Å². The molecule has 0 unspecified atom stereocenters. The second kappa shape index (κ2) is 6.44. The molecule has 118 valence electrons. The molecule has 0 bridgehead atoms. The van der Waals surface area contributed by atoms with Crippen LogP contribution in [0.4, 0.5) is 0 Å². The summed E-state index contributed by atoms with van der Waals surface area (Å²) in [7, 11) is 1.64. The number of amides is 2. The summed E-state index contributed by atoms with van der Waals surface area (Å²) in [5.74, 6) is 0.138. The minimum Gasteiger partial charge on any atom is -0.383 e. The Morgan fingerprint density at radius 1 is 1.36 bits per heavy atom. The lowest BCUT2D eigenvalue weighted by Gasteiger charge is -2.39. The highest BCUT2D eigenvalue weighted by atomic mass is 16.5. The van der Waals surface area contributed by atoms with Crippen molar-refractivity contribution in [2.45, 2.75) is 31.3 Å². The Hall–Kier alpha value is -1.95. The average Bonchev–Trinajstić information content (AvgIpc) is 2.98. The van der Waals surface area contributed by atoms with Gasteiger partial charge in [0.25, 0.3) is 5.91 Å². The molecule has 0 aromatic carbocycles. The summed E-state index contributed by atoms with van der Waals surface area (Å²) in [4.78, 5) is 32.7. The average molecular weight is 303 g/mol. The molecule has 6 heteroatoms. The number of methoxy groups -OCH3 is 1. The number of carbonyl (C=O) groups is 2. The van der Waals surface area contributed by atoms with E-state index in [1.807, 2.05) is 15.9 Å². The Morgan fingerprint density at radius 3 is 2.95 bits per heavy atom. The molecule has 6 nitrogen and oxygen atoms in total. The predicted molar refractivity (Wildman–Crippen MR) is 80.3 cm³/mol. The number of ether oxygens (including phenoxy) is 1. The Kier molecular flexibility index (Phi) is 4.38. The first-order valence-corrected chi connectivity index (χ1v) is 7.73. The Labute approximate surface area is 130 Å². The van der Waals surface area contributed by atoms with Crippen molar-refractivity contribution >= 4 is 11.8 Å². The van der Waals surface area contributed by atoms with Crippen LogP contribution in [-0.4, -0.2) is 65.5 Å². The summed E-state index contributed by atoms with van der Waals surface area (Å²) in [6, 6.07) is 5.58. The molecule has 0 radical (unpaired) electrons. The first-order valence-electron chi connectivity index (χ1n) is 7.73. The molecule has 22 heavy (non-hydrogen) atoms. The molecular weight excluding hydrogens is 282 g/mol. The zero-order valence-corrected chi connectivity index (χ0v) is 12.8. The van der Waals surface area contributed by atoms with Crippen molar-refractivity contribution in [2.75, 3.05) is 26.8 Å². The number of piperidine rings is 1. The highest BCUT2D eigenvalue weighted by molar-refractivity contribution is 5.93. The molecule has 3 rings (SSSR count). The molecule has 2 aliphatic heterocycles. The van der Waals surface area contributed by atoms with Crippen LogP contribution in [-0.2, 0) is 9.53 Å². The van der Waals surface area contributed by atoms with Gasteiger partial charge in [0.1, 0.15) is 5.69 Å². The standard InChI is InChI=1S/C16H21N3O3/c1-22-11-10-18-14-7-9-19(13(14)5-6-15(18)20)16(21)12-4-2-3-8-17-12/h2-4,8,13-14H,5-7,9-11H2,1H3/t13-,14-/m1/s1. The highest BCUT2D eigenvalue weighted by Gasteiger charge is 2.44. The van der Waals surface area contributed by atoms with E-state index in [2.05, 4.69) is 4.98 Å². The van der Waals surface area contributed by atoms with Gasteiger partial charge in [0, 0.05) is 32.8 Å². The van der Waals surface area contributed by atoms with Gasteiger partial charge >= 0.3 is 0 Å². The predicted octanol–water partition coefficient (Wildman–Crippen LogP) is 0.933. The van der Waals surface area contributed by atoms with E-state index in [1.54, 1.807) is 25.4 Å². The van der Waals surface area contributed by atoms with E-state index in [0.717, 1.165) is 12.8 Å². The number of aromatic nitrogens is 1. The third kappa shape index (κ3) is 2.70. The van der Waals surface area contributed by atoms with E-state index < -0.39 is 0 Å². The van der Waals surface area contributed by atoms with E-state index in [1.165, 1.54) is 0 Å². The number of hydrogen-bond acceptors (Lipinski definition) is 4. The summed E-state index contributed by atoms with van der Waals surface area (Å²) < 4.78 is 5.10. The molecule has 1 aromatic heterocycles. The van der Waals surface area contributed by atoms with E-state index in [0.29, 0.717) is 31.8 Å². The Morgan fingerprint density at radius 2 is 2.23 bits per heavy atom. The number of nitrogens with zero attached hydrogens (tertiary/aromatic N) is 3. The number of pyridine rings is 1. The SMILES string of the molecule is COCCN1C(=O)CC[C@@H]2[C@H]1CCN2C(=O)c1ccccn1. The highest BCUT2D eigenvalue weighted by Crippen LogP contribution is 2.32. The Bertz CT molecular complexity index is 549. The van der Waals surface area contributed by atoms with Gasteiger partial charge in [-0.05, 0) is 25.0 Å². The van der Waals surface area contributed by atoms with Gasteiger partial charge in [-0.3, -0.25) is 14.6 Å². The zero-order valence-electron chi connectivity index (χ0n) is 12.8. The monoisotopic (exact) mass is 303 g/mol. The van der Waals surface area contributed by atoms with Gasteiger partial charge in [-0.25, -0.2) is 0 Å². The molecule has 2 saturated heterocycles. The number of likely N-dealkylation sites (tertiary alicyclic amines) is 2. The quantitative estimate of drug-likeness (QED) is 0.830. The van der Waals surface area contributed by atoms with Crippen LogP contribution >= 0.6 is 0 Å². The van der Waals surface area contributed by atoms with Gasteiger partial charge in [-0.15, -0.1) is 0 Å². The molecule has 2 atom stereocenters. The summed E-state index contributed by atoms with van der Waals surface area (Å²) >= 11 is 0. The molecule has 0 spiro atoms. The van der Waals surface area contributed by atoms with Crippen LogP contribution in [0.2, 0.25) is 0 Å². The normalized spacial score (nSPS) is 24.5. The Balaban J connectivity index is 1.75.